The number of ether oxygens (including phenoxy) is 1. The van der Waals surface area contributed by atoms with Gasteiger partial charge in [0.2, 0.25) is 0 Å². The van der Waals surface area contributed by atoms with Crippen LogP contribution in [0.2, 0.25) is 0 Å². The van der Waals surface area contributed by atoms with Crippen LogP contribution in [0.25, 0.3) is 10.9 Å². The van der Waals surface area contributed by atoms with Crippen molar-refractivity contribution in [2.24, 2.45) is 0 Å². The van der Waals surface area contributed by atoms with Crippen LogP contribution in [0.15, 0.2) is 28.7 Å². The molecule has 1 aromatic carbocycles. The Morgan fingerprint density at radius 3 is 3.05 bits per heavy atom. The van der Waals surface area contributed by atoms with E-state index < -0.39 is 0 Å². The maximum atomic E-state index is 5.19. The summed E-state index contributed by atoms with van der Waals surface area (Å²) in [5, 5.41) is 1.34. The number of hydrogen-bond acceptors (Lipinski definition) is 2. The molecule has 0 N–H and O–H groups in total. The lowest BCUT2D eigenvalue weighted by Crippen LogP contribution is -2.29. The Balaban J connectivity index is 1.98. The van der Waals surface area contributed by atoms with Crippen LogP contribution in [0.4, 0.5) is 0 Å². The van der Waals surface area contributed by atoms with Crippen molar-refractivity contribution in [2.45, 2.75) is 19.0 Å². The van der Waals surface area contributed by atoms with Gasteiger partial charge in [0.1, 0.15) is 0 Å². The van der Waals surface area contributed by atoms with E-state index >= 15 is 0 Å². The summed E-state index contributed by atoms with van der Waals surface area (Å²) in [6, 6.07) is 8.85. The molecule has 0 saturated carbocycles. The Hall–Kier alpha value is -0.840. The van der Waals surface area contributed by atoms with Gasteiger partial charge in [-0.25, -0.2) is 0 Å². The lowest BCUT2D eigenvalue weighted by atomic mass is 10.2. The van der Waals surface area contributed by atoms with Gasteiger partial charge in [0, 0.05) is 23.8 Å². The molecular weight excluding hydrogens is 304 g/mol. The summed E-state index contributed by atoms with van der Waals surface area (Å²) < 4.78 is 8.82. The van der Waals surface area contributed by atoms with Crippen LogP contribution in [0.5, 0.6) is 0 Å². The van der Waals surface area contributed by atoms with Crippen molar-refractivity contribution in [3.05, 3.63) is 34.4 Å². The Labute approximate surface area is 122 Å². The van der Waals surface area contributed by atoms with Gasteiger partial charge in [-0.1, -0.05) is 22.0 Å². The summed E-state index contributed by atoms with van der Waals surface area (Å²) in [5.74, 6) is 0. The van der Waals surface area contributed by atoms with Crippen molar-refractivity contribution in [2.75, 3.05) is 27.3 Å². The van der Waals surface area contributed by atoms with Gasteiger partial charge < -0.3 is 9.30 Å². The highest BCUT2D eigenvalue weighted by Crippen LogP contribution is 2.35. The van der Waals surface area contributed by atoms with Crippen LogP contribution in [0, 0.1) is 0 Å². The van der Waals surface area contributed by atoms with Gasteiger partial charge in [-0.3, -0.25) is 4.90 Å². The average Bonchev–Trinajstić information content (AvgIpc) is 2.95. The Kier molecular flexibility index (Phi) is 3.65. The molecule has 102 valence electrons. The van der Waals surface area contributed by atoms with Gasteiger partial charge in [-0.05, 0) is 43.5 Å². The molecule has 0 fully saturated rings. The number of likely N-dealkylation sites (N-methyl/N-ethyl adjacent to an activating group) is 1. The predicted molar refractivity (Wildman–Crippen MR) is 81.5 cm³/mol. The lowest BCUT2D eigenvalue weighted by molar-refractivity contribution is 0.117. The van der Waals surface area contributed by atoms with Crippen LogP contribution in [0.3, 0.4) is 0 Å². The van der Waals surface area contributed by atoms with E-state index in [-0.39, 0.29) is 0 Å². The first-order valence-electron chi connectivity index (χ1n) is 6.69. The zero-order valence-electron chi connectivity index (χ0n) is 11.4. The summed E-state index contributed by atoms with van der Waals surface area (Å²) in [7, 11) is 3.94. The van der Waals surface area contributed by atoms with Crippen molar-refractivity contribution in [1.29, 1.82) is 0 Å². The van der Waals surface area contributed by atoms with E-state index in [2.05, 4.69) is 56.7 Å². The van der Waals surface area contributed by atoms with E-state index in [4.69, 9.17) is 4.74 Å². The second-order valence-electron chi connectivity index (χ2n) is 5.20. The fourth-order valence-electron chi connectivity index (χ4n) is 3.00. The van der Waals surface area contributed by atoms with E-state index in [1.807, 2.05) is 0 Å². The number of fused-ring (bicyclic) bond motifs is 3. The summed E-state index contributed by atoms with van der Waals surface area (Å²) >= 11 is 3.58. The first kappa shape index (κ1) is 13.2. The Bertz CT molecular complexity index is 593. The minimum Gasteiger partial charge on any atom is -0.383 e. The summed E-state index contributed by atoms with van der Waals surface area (Å²) in [6.45, 7) is 1.75. The maximum Gasteiger partial charge on any atom is 0.0869 e. The average molecular weight is 323 g/mol. The number of halogens is 1. The third-order valence-corrected chi connectivity index (χ3v) is 4.49. The summed E-state index contributed by atoms with van der Waals surface area (Å²) in [5.41, 5.74) is 2.78. The lowest BCUT2D eigenvalue weighted by Gasteiger charge is -2.26. The van der Waals surface area contributed by atoms with Crippen molar-refractivity contribution < 1.29 is 4.74 Å². The molecule has 1 atom stereocenters. The van der Waals surface area contributed by atoms with Crippen molar-refractivity contribution in [1.82, 2.24) is 9.47 Å². The minimum atomic E-state index is 0.456. The summed E-state index contributed by atoms with van der Waals surface area (Å²) in [6.07, 6.45) is 2.81. The van der Waals surface area contributed by atoms with Crippen molar-refractivity contribution >= 4 is 26.8 Å². The van der Waals surface area contributed by atoms with Gasteiger partial charge in [-0.2, -0.15) is 0 Å². The molecule has 1 unspecified atom stereocenters. The molecule has 0 spiro atoms. The van der Waals surface area contributed by atoms with Crippen LogP contribution >= 0.6 is 15.9 Å². The molecular formula is C15H19BrN2O. The third kappa shape index (κ3) is 2.33. The molecule has 1 aliphatic heterocycles. The second-order valence-corrected chi connectivity index (χ2v) is 6.12. The second kappa shape index (κ2) is 5.27. The minimum absolute atomic E-state index is 0.456. The number of aryl methyl sites for hydroxylation is 1. The standard InChI is InChI=1S/C15H19BrN2O/c1-17(7-8-19-2)15-6-5-13-9-11-3-4-12(16)10-14(11)18(13)15/h3-4,9-10,15H,5-8H2,1-2H3. The molecule has 1 aromatic heterocycles. The number of methoxy groups -OCH3 is 1. The highest BCUT2D eigenvalue weighted by atomic mass is 79.9. The largest absolute Gasteiger partial charge is 0.383 e. The first-order valence-corrected chi connectivity index (χ1v) is 7.48. The van der Waals surface area contributed by atoms with Gasteiger partial charge >= 0.3 is 0 Å². The van der Waals surface area contributed by atoms with Crippen LogP contribution in [-0.4, -0.2) is 36.8 Å². The van der Waals surface area contributed by atoms with E-state index in [0.717, 1.165) is 24.0 Å². The van der Waals surface area contributed by atoms with Crippen molar-refractivity contribution in [3.8, 4) is 0 Å². The number of hydrogen-bond donors (Lipinski definition) is 0. The SMILES string of the molecule is COCCN(C)C1CCc2cc3ccc(Br)cc3n21. The molecule has 0 saturated heterocycles. The van der Waals surface area contributed by atoms with E-state index in [9.17, 15) is 0 Å². The van der Waals surface area contributed by atoms with E-state index in [1.54, 1.807) is 7.11 Å². The number of rotatable bonds is 4. The van der Waals surface area contributed by atoms with Crippen LogP contribution in [0.1, 0.15) is 18.3 Å². The monoisotopic (exact) mass is 322 g/mol. The smallest absolute Gasteiger partial charge is 0.0869 e. The van der Waals surface area contributed by atoms with Gasteiger partial charge in [-0.15, -0.1) is 0 Å². The fraction of sp³-hybridized carbons (Fsp3) is 0.467. The van der Waals surface area contributed by atoms with Gasteiger partial charge in [0.05, 0.1) is 18.3 Å². The number of aromatic nitrogens is 1. The number of benzene rings is 1. The normalized spacial score (nSPS) is 18.4. The van der Waals surface area contributed by atoms with Crippen molar-refractivity contribution in [3.63, 3.8) is 0 Å². The fourth-order valence-corrected chi connectivity index (χ4v) is 3.35. The molecule has 3 rings (SSSR count). The quantitative estimate of drug-likeness (QED) is 0.858. The van der Waals surface area contributed by atoms with Gasteiger partial charge in [0.25, 0.3) is 0 Å². The highest BCUT2D eigenvalue weighted by molar-refractivity contribution is 9.10. The molecule has 0 amide bonds. The Morgan fingerprint density at radius 1 is 1.42 bits per heavy atom. The predicted octanol–water partition coefficient (Wildman–Crippen LogP) is 3.43. The van der Waals surface area contributed by atoms with E-state index in [1.165, 1.54) is 23.0 Å². The maximum absolute atomic E-state index is 5.19. The highest BCUT2D eigenvalue weighted by Gasteiger charge is 2.27. The topological polar surface area (TPSA) is 17.4 Å². The third-order valence-electron chi connectivity index (χ3n) is 4.00. The van der Waals surface area contributed by atoms with Gasteiger partial charge in [0.15, 0.2) is 0 Å². The van der Waals surface area contributed by atoms with Crippen LogP contribution in [-0.2, 0) is 11.2 Å². The van der Waals surface area contributed by atoms with Crippen LogP contribution < -0.4 is 0 Å². The molecule has 2 aromatic rings. The molecule has 0 radical (unpaired) electrons. The zero-order valence-corrected chi connectivity index (χ0v) is 13.0. The molecule has 2 heterocycles. The molecule has 4 heteroatoms. The molecule has 3 nitrogen and oxygen atoms in total. The summed E-state index contributed by atoms with van der Waals surface area (Å²) in [4.78, 5) is 2.39. The van der Waals surface area contributed by atoms with E-state index in [0.29, 0.717) is 6.17 Å². The molecule has 19 heavy (non-hydrogen) atoms. The Morgan fingerprint density at radius 2 is 2.26 bits per heavy atom. The molecule has 0 bridgehead atoms. The molecule has 1 aliphatic rings. The zero-order chi connectivity index (χ0) is 13.4. The number of nitrogens with zero attached hydrogens (tertiary/aromatic N) is 2. The first-order chi connectivity index (χ1) is 9.20. The molecule has 0 aliphatic carbocycles.